The Bertz CT molecular complexity index is 2250. The van der Waals surface area contributed by atoms with E-state index in [9.17, 15) is 55.3 Å². The third-order valence-corrected chi connectivity index (χ3v) is 16.3. The van der Waals surface area contributed by atoms with Gasteiger partial charge in [-0.15, -0.1) is 0 Å². The molecule has 434 valence electrons. The van der Waals surface area contributed by atoms with Crippen LogP contribution in [0.5, 0.6) is 0 Å². The lowest BCUT2D eigenvalue weighted by molar-refractivity contribution is -0.318. The first kappa shape index (κ1) is 63.2. The van der Waals surface area contributed by atoms with Gasteiger partial charge in [-0.05, 0) is 113 Å². The van der Waals surface area contributed by atoms with E-state index in [1.54, 1.807) is 46.6 Å². The number of carbonyl (C=O) groups excluding carboxylic acids is 2. The number of carbonyl (C=O) groups is 2. The Morgan fingerprint density at radius 3 is 2.32 bits per heavy atom. The number of azide groups is 1. The minimum atomic E-state index is -2.12. The van der Waals surface area contributed by atoms with Crippen molar-refractivity contribution in [3.63, 3.8) is 0 Å². The number of esters is 2. The largest absolute Gasteiger partial charge is 0.463 e. The first-order valence-corrected chi connectivity index (χ1v) is 26.5. The first-order chi connectivity index (χ1) is 35.5. The van der Waals surface area contributed by atoms with Crippen LogP contribution in [0.25, 0.3) is 10.4 Å². The molecular formula is C51H87N7O18. The van der Waals surface area contributed by atoms with Crippen LogP contribution in [0.3, 0.4) is 0 Å². The summed E-state index contributed by atoms with van der Waals surface area (Å²) in [5.41, 5.74) is 3.27. The lowest BCUT2D eigenvalue weighted by atomic mass is 9.77. The molecule has 7 N–H and O–H groups in total. The van der Waals surface area contributed by atoms with Crippen molar-refractivity contribution in [2.45, 2.75) is 223 Å². The molecule has 1 aromatic heterocycles. The number of aliphatic hydroxyl groups excluding tert-OH is 4. The number of aryl methyl sites for hydroxylation is 1. The molecule has 5 heterocycles. The minimum Gasteiger partial charge on any atom is -0.463 e. The Hall–Kier alpha value is -3.63. The van der Waals surface area contributed by atoms with Crippen LogP contribution >= 0.6 is 0 Å². The van der Waals surface area contributed by atoms with Gasteiger partial charge in [0, 0.05) is 67.6 Å². The zero-order valence-electron chi connectivity index (χ0n) is 46.5. The number of hydrogen-bond acceptors (Lipinski definition) is 21. The van der Waals surface area contributed by atoms with Gasteiger partial charge in [0.15, 0.2) is 18.7 Å². The van der Waals surface area contributed by atoms with Crippen LogP contribution in [-0.4, -0.2) is 212 Å². The fraction of sp³-hybridized carbons (Fsp3) is 0.882. The molecule has 0 bridgehead atoms. The molecule has 4 fully saturated rings. The van der Waals surface area contributed by atoms with Crippen molar-refractivity contribution >= 4 is 11.9 Å². The van der Waals surface area contributed by atoms with Crippen molar-refractivity contribution in [1.82, 2.24) is 19.4 Å². The average molecular weight is 1090 g/mol. The van der Waals surface area contributed by atoms with Gasteiger partial charge in [0.25, 0.3) is 5.56 Å². The van der Waals surface area contributed by atoms with Gasteiger partial charge in [0.1, 0.15) is 42.9 Å². The number of likely N-dealkylation sites (N-methyl/N-ethyl adjacent to an activating group) is 2. The van der Waals surface area contributed by atoms with Gasteiger partial charge in [-0.3, -0.25) is 23.9 Å². The molecule has 0 amide bonds. The number of hydrogen-bond donors (Lipinski definition) is 7. The van der Waals surface area contributed by atoms with Crippen molar-refractivity contribution in [1.29, 1.82) is 0 Å². The number of aliphatic hydroxyl groups is 6. The van der Waals surface area contributed by atoms with E-state index in [-0.39, 0.29) is 43.8 Å². The number of nitrogens with one attached hydrogen (secondary N) is 1. The molecule has 0 aromatic carbocycles. The van der Waals surface area contributed by atoms with Gasteiger partial charge in [-0.1, -0.05) is 19.0 Å². The van der Waals surface area contributed by atoms with E-state index in [0.29, 0.717) is 32.4 Å². The molecule has 25 heteroatoms. The smallest absolute Gasteiger partial charge is 0.330 e. The van der Waals surface area contributed by atoms with Crippen LogP contribution in [0.1, 0.15) is 119 Å². The van der Waals surface area contributed by atoms with Crippen LogP contribution in [0, 0.1) is 24.7 Å². The summed E-state index contributed by atoms with van der Waals surface area (Å²) in [6.45, 7) is 16.2. The van der Waals surface area contributed by atoms with E-state index in [1.807, 2.05) is 25.8 Å². The predicted octanol–water partition coefficient (Wildman–Crippen LogP) is 1.39. The van der Waals surface area contributed by atoms with Crippen molar-refractivity contribution in [2.75, 3.05) is 47.5 Å². The quantitative estimate of drug-likeness (QED) is 0.0404. The number of rotatable bonds is 16. The highest BCUT2D eigenvalue weighted by Crippen LogP contribution is 2.40. The van der Waals surface area contributed by atoms with E-state index in [0.717, 1.165) is 0 Å². The topological polar surface area (TPSA) is 339 Å². The summed E-state index contributed by atoms with van der Waals surface area (Å²) >= 11 is 0. The average Bonchev–Trinajstić information content (AvgIpc) is 3.76. The Kier molecular flexibility index (Phi) is 22.1. The van der Waals surface area contributed by atoms with E-state index < -0.39 is 150 Å². The second kappa shape index (κ2) is 26.6. The van der Waals surface area contributed by atoms with Crippen molar-refractivity contribution in [3.8, 4) is 0 Å². The number of ether oxygens (including phenoxy) is 8. The summed E-state index contributed by atoms with van der Waals surface area (Å²) in [7, 11) is 5.04. The van der Waals surface area contributed by atoms with Crippen LogP contribution in [-0.2, 0) is 47.5 Å². The maximum absolute atomic E-state index is 14.4. The molecule has 5 rings (SSSR count). The number of aromatic amines is 1. The fourth-order valence-corrected chi connectivity index (χ4v) is 11.5. The number of methoxy groups -OCH3 is 1. The summed E-state index contributed by atoms with van der Waals surface area (Å²) in [6.07, 6.45) is -10.1. The van der Waals surface area contributed by atoms with E-state index in [1.165, 1.54) is 38.6 Å². The van der Waals surface area contributed by atoms with Crippen LogP contribution in [0.15, 0.2) is 20.9 Å². The molecule has 0 unspecified atom stereocenters. The Labute approximate surface area is 444 Å². The fourth-order valence-electron chi connectivity index (χ4n) is 11.5. The highest BCUT2D eigenvalue weighted by Gasteiger charge is 2.53. The van der Waals surface area contributed by atoms with E-state index in [4.69, 9.17) is 37.9 Å². The number of aromatic nitrogens is 2. The van der Waals surface area contributed by atoms with E-state index >= 15 is 0 Å². The highest BCUT2D eigenvalue weighted by molar-refractivity contribution is 5.73. The molecule has 1 aromatic rings. The SMILES string of the molecule is CO[C@]1(C)C[C@H](O[C@H]2[C@H](C)[C@@H](O[C@@H]3O[C@H](C)C[C@H](N(C)CCCCC(=O)OC[C@@H]4O[C@H](n5cc(C)c(=O)[nH]c5=O)C[C@H]4N=[N+]=[N-])[C@H]3O)[C@](C)(O)C[C@@H](C)CN(C)[C@H](C)[C@@H](O)[C@](C)(O)[C@@H](CO)OC(=O)[C@@H]2C)O[C@@H](C)[C@@H]1O. The molecule has 0 radical (unpaired) electrons. The van der Waals surface area contributed by atoms with Gasteiger partial charge in [0.2, 0.25) is 0 Å². The molecule has 4 aliphatic rings. The molecule has 4 saturated heterocycles. The first-order valence-electron chi connectivity index (χ1n) is 26.5. The summed E-state index contributed by atoms with van der Waals surface area (Å²) in [6, 6.07) is -1.98. The molecule has 0 spiro atoms. The predicted molar refractivity (Wildman–Crippen MR) is 272 cm³/mol. The standard InChI is InChI=1S/C51H87N7O18/c1-26-20-49(8,67)44(29(4)41(75-39-21-50(9,69-13)43(63)32(7)72-39)30(5)46(65)74-36(24-59)51(10,68)42(62)31(6)57(12)22-26)76-47-40(61)34(18-28(3)71-47)56(11)17-15-14-16-38(60)70-25-35-33(54-55-52)19-37(73-35)58-23-27(2)45(64)53-48(58)66/h23,26,28-37,39-44,47,59,61-63,67-68H,14-22,24-25H2,1-13H3,(H,53,64,66)/t26-,28-,29+,30-,31-,32+,33-,34+,35+,36-,37+,39+,40-,41+,42-,43+,44-,47+,49-,50-,51-/m1/s1. The van der Waals surface area contributed by atoms with Crippen molar-refractivity contribution in [2.24, 2.45) is 22.9 Å². The van der Waals surface area contributed by atoms with Crippen LogP contribution < -0.4 is 11.2 Å². The van der Waals surface area contributed by atoms with Gasteiger partial charge in [-0.2, -0.15) is 0 Å². The third-order valence-electron chi connectivity index (χ3n) is 16.3. The summed E-state index contributed by atoms with van der Waals surface area (Å²) < 4.78 is 50.4. The number of cyclic esters (lactones) is 1. The van der Waals surface area contributed by atoms with Gasteiger partial charge in [-0.25, -0.2) is 4.79 Å². The summed E-state index contributed by atoms with van der Waals surface area (Å²) in [5, 5.41) is 73.6. The van der Waals surface area contributed by atoms with Crippen molar-refractivity contribution < 1.29 is 78.1 Å². The molecule has 21 atom stereocenters. The number of nitrogens with zero attached hydrogens (tertiary/aromatic N) is 6. The van der Waals surface area contributed by atoms with Gasteiger partial charge < -0.3 is 78.3 Å². The minimum absolute atomic E-state index is 0.0281. The van der Waals surface area contributed by atoms with Crippen LogP contribution in [0.4, 0.5) is 0 Å². The zero-order chi connectivity index (χ0) is 56.8. The Balaban J connectivity index is 1.33. The molecule has 4 aliphatic heterocycles. The van der Waals surface area contributed by atoms with Gasteiger partial charge in [0.05, 0.1) is 54.2 Å². The third kappa shape index (κ3) is 15.0. The summed E-state index contributed by atoms with van der Waals surface area (Å²) in [5.74, 6) is -3.85. The Morgan fingerprint density at radius 2 is 1.67 bits per heavy atom. The second-order valence-corrected chi connectivity index (χ2v) is 22.7. The van der Waals surface area contributed by atoms with Crippen molar-refractivity contribution in [3.05, 3.63) is 43.0 Å². The molecule has 76 heavy (non-hydrogen) atoms. The Morgan fingerprint density at radius 1 is 0.987 bits per heavy atom. The maximum atomic E-state index is 14.4. The number of H-pyrrole nitrogens is 1. The highest BCUT2D eigenvalue weighted by atomic mass is 16.7. The normalized spacial score (nSPS) is 41.4. The number of unbranched alkanes of at least 4 members (excludes halogenated alkanes) is 1. The monoisotopic (exact) mass is 1090 g/mol. The summed E-state index contributed by atoms with van der Waals surface area (Å²) in [4.78, 5) is 60.6. The zero-order valence-corrected chi connectivity index (χ0v) is 46.5. The molecular weight excluding hydrogens is 999 g/mol. The van der Waals surface area contributed by atoms with Crippen LogP contribution in [0.2, 0.25) is 0 Å². The molecule has 0 aliphatic carbocycles. The second-order valence-electron chi connectivity index (χ2n) is 22.7. The molecule has 0 saturated carbocycles. The van der Waals surface area contributed by atoms with E-state index in [2.05, 4.69) is 15.0 Å². The van der Waals surface area contributed by atoms with Gasteiger partial charge >= 0.3 is 17.6 Å². The lowest BCUT2D eigenvalue weighted by Crippen LogP contribution is -2.61. The molecule has 25 nitrogen and oxygen atoms in total. The maximum Gasteiger partial charge on any atom is 0.330 e. The lowest BCUT2D eigenvalue weighted by Gasteiger charge is -2.49.